The molecule has 0 radical (unpaired) electrons. The summed E-state index contributed by atoms with van der Waals surface area (Å²) in [4.78, 5) is 33.0. The number of carbonyl (C=O) groups is 1. The third kappa shape index (κ3) is 3.38. The van der Waals surface area contributed by atoms with Crippen LogP contribution in [0.15, 0.2) is 42.5 Å². The third-order valence-electron chi connectivity index (χ3n) is 4.90. The lowest BCUT2D eigenvalue weighted by Gasteiger charge is -2.32. The van der Waals surface area contributed by atoms with Crippen molar-refractivity contribution < 1.29 is 9.72 Å². The number of nitro groups is 1. The van der Waals surface area contributed by atoms with E-state index in [0.29, 0.717) is 13.1 Å². The van der Waals surface area contributed by atoms with E-state index in [4.69, 9.17) is 11.6 Å². The van der Waals surface area contributed by atoms with Gasteiger partial charge in [0.15, 0.2) is 0 Å². The number of rotatable bonds is 3. The Hall–Kier alpha value is -2.93. The molecule has 1 atom stereocenters. The Bertz CT molecular complexity index is 1000. The number of amides is 1. The number of carbonyl (C=O) groups excluding carboxylic acids is 1. The van der Waals surface area contributed by atoms with Crippen LogP contribution in [-0.2, 0) is 0 Å². The van der Waals surface area contributed by atoms with E-state index in [0.717, 1.165) is 29.7 Å². The van der Waals surface area contributed by atoms with Gasteiger partial charge in [-0.25, -0.2) is 4.98 Å². The first-order valence-electron chi connectivity index (χ1n) is 8.71. The fraction of sp³-hybridized carbons (Fsp3) is 0.263. The number of piperidine rings is 1. The van der Waals surface area contributed by atoms with Gasteiger partial charge in [-0.05, 0) is 31.0 Å². The van der Waals surface area contributed by atoms with Crippen molar-refractivity contribution in [3.05, 3.63) is 69.0 Å². The van der Waals surface area contributed by atoms with Gasteiger partial charge in [-0.1, -0.05) is 23.7 Å². The topological polar surface area (TPSA) is 92.1 Å². The first-order valence-corrected chi connectivity index (χ1v) is 9.08. The summed E-state index contributed by atoms with van der Waals surface area (Å²) < 4.78 is 0. The van der Waals surface area contributed by atoms with Crippen LogP contribution in [0.3, 0.4) is 0 Å². The van der Waals surface area contributed by atoms with Crippen LogP contribution < -0.4 is 0 Å². The average molecular weight is 385 g/mol. The summed E-state index contributed by atoms with van der Waals surface area (Å²) in [6, 6.07) is 11.8. The largest absolute Gasteiger partial charge is 0.342 e. The predicted molar refractivity (Wildman–Crippen MR) is 102 cm³/mol. The number of para-hydroxylation sites is 2. The van der Waals surface area contributed by atoms with Gasteiger partial charge in [-0.3, -0.25) is 14.9 Å². The maximum Gasteiger partial charge on any atom is 0.270 e. The van der Waals surface area contributed by atoms with Crippen LogP contribution >= 0.6 is 11.6 Å². The second-order valence-electron chi connectivity index (χ2n) is 6.65. The summed E-state index contributed by atoms with van der Waals surface area (Å²) in [5.74, 6) is 0.783. The van der Waals surface area contributed by atoms with Crippen LogP contribution in [0.5, 0.6) is 0 Å². The molecule has 1 fully saturated rings. The molecule has 7 nitrogen and oxygen atoms in total. The smallest absolute Gasteiger partial charge is 0.270 e. The summed E-state index contributed by atoms with van der Waals surface area (Å²) in [5, 5.41) is 10.9. The van der Waals surface area contributed by atoms with Crippen LogP contribution in [-0.4, -0.2) is 38.8 Å². The van der Waals surface area contributed by atoms with E-state index < -0.39 is 4.92 Å². The molecule has 0 spiro atoms. The number of aromatic nitrogens is 2. The molecule has 1 N–H and O–H groups in total. The number of non-ortho nitro benzene ring substituents is 1. The van der Waals surface area contributed by atoms with Crippen LogP contribution in [0.4, 0.5) is 5.69 Å². The number of hydrogen-bond donors (Lipinski definition) is 1. The van der Waals surface area contributed by atoms with E-state index in [-0.39, 0.29) is 28.1 Å². The maximum atomic E-state index is 12.9. The van der Waals surface area contributed by atoms with Gasteiger partial charge in [0.05, 0.1) is 26.5 Å². The Morgan fingerprint density at radius 2 is 2.11 bits per heavy atom. The number of imidazole rings is 1. The van der Waals surface area contributed by atoms with Gasteiger partial charge >= 0.3 is 0 Å². The molecule has 0 bridgehead atoms. The highest BCUT2D eigenvalue weighted by molar-refractivity contribution is 6.34. The lowest BCUT2D eigenvalue weighted by molar-refractivity contribution is -0.384. The minimum atomic E-state index is -0.529. The van der Waals surface area contributed by atoms with Crippen molar-refractivity contribution in [3.8, 4) is 0 Å². The minimum Gasteiger partial charge on any atom is -0.342 e. The van der Waals surface area contributed by atoms with Crippen LogP contribution in [0.1, 0.15) is 34.9 Å². The number of H-pyrrole nitrogens is 1. The number of hydrogen-bond acceptors (Lipinski definition) is 4. The molecule has 1 aliphatic rings. The predicted octanol–water partition coefficient (Wildman–Crippen LogP) is 4.14. The minimum absolute atomic E-state index is 0.0973. The molecule has 1 aromatic heterocycles. The summed E-state index contributed by atoms with van der Waals surface area (Å²) in [5.41, 5.74) is 2.05. The van der Waals surface area contributed by atoms with E-state index in [1.54, 1.807) is 4.90 Å². The molecule has 0 unspecified atom stereocenters. The Labute approximate surface area is 160 Å². The Balaban J connectivity index is 1.55. The number of fused-ring (bicyclic) bond motifs is 1. The molecule has 138 valence electrons. The highest BCUT2D eigenvalue weighted by Gasteiger charge is 2.28. The number of nitro benzene ring substituents is 1. The molecular weight excluding hydrogens is 368 g/mol. The van der Waals surface area contributed by atoms with Crippen molar-refractivity contribution >= 4 is 34.2 Å². The number of benzene rings is 2. The fourth-order valence-corrected chi connectivity index (χ4v) is 3.77. The van der Waals surface area contributed by atoms with Crippen LogP contribution in [0, 0.1) is 10.1 Å². The summed E-state index contributed by atoms with van der Waals surface area (Å²) in [7, 11) is 0. The molecule has 4 rings (SSSR count). The quantitative estimate of drug-likeness (QED) is 0.542. The number of aromatic amines is 1. The van der Waals surface area contributed by atoms with Gasteiger partial charge in [-0.2, -0.15) is 0 Å². The average Bonchev–Trinajstić information content (AvgIpc) is 3.12. The van der Waals surface area contributed by atoms with Gasteiger partial charge in [0.25, 0.3) is 11.6 Å². The first-order chi connectivity index (χ1) is 13.0. The second kappa shape index (κ2) is 7.00. The normalized spacial score (nSPS) is 17.2. The highest BCUT2D eigenvalue weighted by Crippen LogP contribution is 2.29. The molecule has 1 aliphatic heterocycles. The summed E-state index contributed by atoms with van der Waals surface area (Å²) in [6.45, 7) is 1.16. The van der Waals surface area contributed by atoms with Crippen molar-refractivity contribution in [3.63, 3.8) is 0 Å². The van der Waals surface area contributed by atoms with Crippen molar-refractivity contribution in [1.82, 2.24) is 14.9 Å². The van der Waals surface area contributed by atoms with Crippen molar-refractivity contribution in [2.45, 2.75) is 18.8 Å². The molecule has 27 heavy (non-hydrogen) atoms. The van der Waals surface area contributed by atoms with E-state index in [2.05, 4.69) is 9.97 Å². The number of nitrogens with zero attached hydrogens (tertiary/aromatic N) is 3. The van der Waals surface area contributed by atoms with Gasteiger partial charge in [-0.15, -0.1) is 0 Å². The van der Waals surface area contributed by atoms with Crippen molar-refractivity contribution in [2.75, 3.05) is 13.1 Å². The van der Waals surface area contributed by atoms with E-state index in [1.807, 2.05) is 24.3 Å². The second-order valence-corrected chi connectivity index (χ2v) is 7.06. The van der Waals surface area contributed by atoms with Crippen LogP contribution in [0.25, 0.3) is 11.0 Å². The third-order valence-corrected chi connectivity index (χ3v) is 5.21. The zero-order valence-electron chi connectivity index (χ0n) is 14.4. The fourth-order valence-electron chi connectivity index (χ4n) is 3.51. The zero-order chi connectivity index (χ0) is 19.0. The summed E-state index contributed by atoms with van der Waals surface area (Å²) >= 11 is 6.12. The van der Waals surface area contributed by atoms with Gasteiger partial charge < -0.3 is 9.88 Å². The highest BCUT2D eigenvalue weighted by atomic mass is 35.5. The van der Waals surface area contributed by atoms with Gasteiger partial charge in [0.2, 0.25) is 0 Å². The molecule has 3 aromatic rings. The molecule has 2 heterocycles. The Morgan fingerprint density at radius 1 is 1.30 bits per heavy atom. The van der Waals surface area contributed by atoms with E-state index in [9.17, 15) is 14.9 Å². The number of nitrogens with one attached hydrogen (secondary N) is 1. The van der Waals surface area contributed by atoms with E-state index >= 15 is 0 Å². The van der Waals surface area contributed by atoms with E-state index in [1.165, 1.54) is 18.2 Å². The monoisotopic (exact) mass is 384 g/mol. The van der Waals surface area contributed by atoms with Crippen LogP contribution in [0.2, 0.25) is 5.02 Å². The first kappa shape index (κ1) is 17.5. The summed E-state index contributed by atoms with van der Waals surface area (Å²) in [6.07, 6.45) is 1.80. The lowest BCUT2D eigenvalue weighted by Crippen LogP contribution is -2.39. The molecule has 1 amide bonds. The molecule has 0 aliphatic carbocycles. The van der Waals surface area contributed by atoms with Gasteiger partial charge in [0, 0.05) is 31.1 Å². The van der Waals surface area contributed by atoms with Crippen molar-refractivity contribution in [1.29, 1.82) is 0 Å². The zero-order valence-corrected chi connectivity index (χ0v) is 15.1. The number of halogens is 1. The molecule has 1 saturated heterocycles. The Morgan fingerprint density at radius 3 is 2.85 bits per heavy atom. The molecule has 2 aromatic carbocycles. The SMILES string of the molecule is O=C(c1ccc([N+](=O)[O-])cc1Cl)N1CCC[C@@H](c2nc3ccccc3[nH]2)C1. The lowest BCUT2D eigenvalue weighted by atomic mass is 9.96. The molecule has 0 saturated carbocycles. The Kier molecular flexibility index (Phi) is 4.53. The molecular formula is C19H17ClN4O3. The maximum absolute atomic E-state index is 12.9. The standard InChI is InChI=1S/C19H17ClN4O3/c20-15-10-13(24(26)27)7-8-14(15)19(25)23-9-3-4-12(11-23)18-21-16-5-1-2-6-17(16)22-18/h1-2,5-8,10,12H,3-4,9,11H2,(H,21,22)/t12-/m1/s1. The van der Waals surface area contributed by atoms with Crippen molar-refractivity contribution in [2.24, 2.45) is 0 Å². The molecule has 8 heteroatoms. The van der Waals surface area contributed by atoms with Gasteiger partial charge in [0.1, 0.15) is 5.82 Å². The number of likely N-dealkylation sites (tertiary alicyclic amines) is 1.